The van der Waals surface area contributed by atoms with Gasteiger partial charge in [-0.25, -0.2) is 8.42 Å². The number of nitrogens with zero attached hydrogens (tertiary/aromatic N) is 1. The number of carbonyl (C=O) groups excluding carboxylic acids is 1. The summed E-state index contributed by atoms with van der Waals surface area (Å²) < 4.78 is 46.7. The molecular weight excluding hydrogens is 446 g/mol. The predicted octanol–water partition coefficient (Wildman–Crippen LogP) is 2.97. The minimum Gasteiger partial charge on any atom is -0.497 e. The highest BCUT2D eigenvalue weighted by Crippen LogP contribution is 2.45. The zero-order valence-corrected chi connectivity index (χ0v) is 19.5. The predicted molar refractivity (Wildman–Crippen MR) is 122 cm³/mol. The van der Waals surface area contributed by atoms with Gasteiger partial charge in [-0.1, -0.05) is 0 Å². The minimum atomic E-state index is -3.02. The lowest BCUT2D eigenvalue weighted by molar-refractivity contribution is 0.0633. The summed E-state index contributed by atoms with van der Waals surface area (Å²) in [5.41, 5.74) is 2.74. The Bertz CT molecular complexity index is 1280. The quantitative estimate of drug-likeness (QED) is 0.629. The third kappa shape index (κ3) is 3.85. The van der Waals surface area contributed by atoms with Crippen LogP contribution in [0.3, 0.4) is 0 Å². The van der Waals surface area contributed by atoms with Gasteiger partial charge in [0.2, 0.25) is 5.78 Å². The molecule has 1 atom stereocenters. The zero-order chi connectivity index (χ0) is 23.3. The highest BCUT2D eigenvalue weighted by molar-refractivity contribution is 7.91. The van der Waals surface area contributed by atoms with E-state index in [2.05, 4.69) is 0 Å². The van der Waals surface area contributed by atoms with E-state index in [1.54, 1.807) is 38.5 Å². The van der Waals surface area contributed by atoms with Gasteiger partial charge in [0.05, 0.1) is 36.9 Å². The van der Waals surface area contributed by atoms with Crippen LogP contribution in [0.25, 0.3) is 6.08 Å². The standard InChI is InChI=1S/C24H25NO7S/c1-14-8-20-18(11-25(13-31-20)16-6-7-33(27,28)12-16)24-22(14)23(26)21(32-24)9-15-4-5-17(29-2)10-19(15)30-3/h4-5,8-10,16H,6-7,11-13H2,1-3H3/b21-9-. The number of hydrogen-bond donors (Lipinski definition) is 0. The number of methoxy groups -OCH3 is 2. The van der Waals surface area contributed by atoms with Crippen molar-refractivity contribution in [2.45, 2.75) is 25.9 Å². The molecule has 9 heteroatoms. The van der Waals surface area contributed by atoms with E-state index < -0.39 is 9.84 Å². The lowest BCUT2D eigenvalue weighted by atomic mass is 9.98. The second kappa shape index (κ2) is 8.07. The van der Waals surface area contributed by atoms with Crippen LogP contribution >= 0.6 is 0 Å². The number of rotatable bonds is 4. The van der Waals surface area contributed by atoms with Crippen molar-refractivity contribution < 1.29 is 32.2 Å². The van der Waals surface area contributed by atoms with Crippen LogP contribution in [0, 0.1) is 6.92 Å². The Morgan fingerprint density at radius 1 is 1.18 bits per heavy atom. The maximum Gasteiger partial charge on any atom is 0.232 e. The van der Waals surface area contributed by atoms with Gasteiger partial charge in [0.25, 0.3) is 0 Å². The number of ketones is 1. The number of sulfone groups is 1. The smallest absolute Gasteiger partial charge is 0.232 e. The van der Waals surface area contributed by atoms with Gasteiger partial charge in [-0.05, 0) is 43.2 Å². The summed E-state index contributed by atoms with van der Waals surface area (Å²) in [4.78, 5) is 15.3. The van der Waals surface area contributed by atoms with Gasteiger partial charge in [0.15, 0.2) is 15.6 Å². The van der Waals surface area contributed by atoms with Crippen LogP contribution in [0.1, 0.15) is 33.5 Å². The van der Waals surface area contributed by atoms with Gasteiger partial charge in [-0.15, -0.1) is 0 Å². The summed E-state index contributed by atoms with van der Waals surface area (Å²) in [5, 5.41) is 0. The molecule has 0 radical (unpaired) electrons. The van der Waals surface area contributed by atoms with Crippen molar-refractivity contribution in [3.8, 4) is 23.0 Å². The van der Waals surface area contributed by atoms with Gasteiger partial charge < -0.3 is 18.9 Å². The van der Waals surface area contributed by atoms with Crippen molar-refractivity contribution in [1.29, 1.82) is 0 Å². The van der Waals surface area contributed by atoms with Gasteiger partial charge in [-0.3, -0.25) is 9.69 Å². The maximum atomic E-state index is 13.3. The van der Waals surface area contributed by atoms with Crippen LogP contribution < -0.4 is 18.9 Å². The largest absolute Gasteiger partial charge is 0.497 e. The summed E-state index contributed by atoms with van der Waals surface area (Å²) in [6.45, 7) is 2.63. The molecular formula is C24H25NO7S. The molecule has 33 heavy (non-hydrogen) atoms. The molecule has 1 fully saturated rings. The molecule has 0 saturated carbocycles. The normalized spacial score (nSPS) is 22.5. The number of fused-ring (bicyclic) bond motifs is 3. The Hall–Kier alpha value is -3.04. The second-order valence-electron chi connectivity index (χ2n) is 8.50. The van der Waals surface area contributed by atoms with Crippen LogP contribution in [-0.4, -0.2) is 57.6 Å². The van der Waals surface area contributed by atoms with Crippen molar-refractivity contribution in [2.75, 3.05) is 32.5 Å². The molecule has 2 aromatic carbocycles. The Balaban J connectivity index is 1.49. The van der Waals surface area contributed by atoms with Crippen LogP contribution in [0.4, 0.5) is 0 Å². The van der Waals surface area contributed by atoms with E-state index in [9.17, 15) is 13.2 Å². The molecule has 3 heterocycles. The average molecular weight is 472 g/mol. The Kier molecular flexibility index (Phi) is 5.33. The van der Waals surface area contributed by atoms with Gasteiger partial charge in [0, 0.05) is 24.2 Å². The fourth-order valence-electron chi connectivity index (χ4n) is 4.62. The fourth-order valence-corrected chi connectivity index (χ4v) is 6.39. The molecule has 1 unspecified atom stereocenters. The molecule has 0 N–H and O–H groups in total. The summed E-state index contributed by atoms with van der Waals surface area (Å²) in [5.74, 6) is 2.67. The molecule has 0 spiro atoms. The molecule has 1 saturated heterocycles. The van der Waals surface area contributed by atoms with E-state index in [4.69, 9.17) is 18.9 Å². The maximum absolute atomic E-state index is 13.3. The van der Waals surface area contributed by atoms with E-state index in [1.807, 2.05) is 17.9 Å². The van der Waals surface area contributed by atoms with E-state index >= 15 is 0 Å². The molecule has 0 aromatic heterocycles. The zero-order valence-electron chi connectivity index (χ0n) is 18.7. The number of hydrogen-bond acceptors (Lipinski definition) is 8. The first-order chi connectivity index (χ1) is 15.8. The Labute approximate surface area is 192 Å². The van der Waals surface area contributed by atoms with Crippen molar-refractivity contribution in [3.63, 3.8) is 0 Å². The monoisotopic (exact) mass is 471 g/mol. The first kappa shape index (κ1) is 21.8. The van der Waals surface area contributed by atoms with Gasteiger partial charge in [-0.2, -0.15) is 0 Å². The lowest BCUT2D eigenvalue weighted by Crippen LogP contribution is -2.41. The van der Waals surface area contributed by atoms with Crippen molar-refractivity contribution in [1.82, 2.24) is 4.90 Å². The van der Waals surface area contributed by atoms with Gasteiger partial charge >= 0.3 is 0 Å². The lowest BCUT2D eigenvalue weighted by Gasteiger charge is -2.33. The molecule has 3 aliphatic heterocycles. The van der Waals surface area contributed by atoms with Crippen LogP contribution in [0.15, 0.2) is 30.0 Å². The van der Waals surface area contributed by atoms with Crippen LogP contribution in [0.5, 0.6) is 23.0 Å². The summed E-state index contributed by atoms with van der Waals surface area (Å²) in [6.07, 6.45) is 2.24. The molecule has 0 amide bonds. The number of benzene rings is 2. The van der Waals surface area contributed by atoms with Crippen molar-refractivity contribution >= 4 is 21.7 Å². The Morgan fingerprint density at radius 3 is 2.70 bits per heavy atom. The fraction of sp³-hybridized carbons (Fsp3) is 0.375. The molecule has 0 bridgehead atoms. The average Bonchev–Trinajstić information content (AvgIpc) is 3.33. The topological polar surface area (TPSA) is 91.4 Å². The van der Waals surface area contributed by atoms with Crippen molar-refractivity contribution in [2.24, 2.45) is 0 Å². The highest BCUT2D eigenvalue weighted by atomic mass is 32.2. The first-order valence-corrected chi connectivity index (χ1v) is 12.5. The molecule has 3 aliphatic rings. The van der Waals surface area contributed by atoms with Crippen molar-refractivity contribution in [3.05, 3.63) is 52.3 Å². The molecule has 2 aromatic rings. The van der Waals surface area contributed by atoms with Crippen LogP contribution in [-0.2, 0) is 16.4 Å². The van der Waals surface area contributed by atoms with Gasteiger partial charge in [0.1, 0.15) is 29.7 Å². The van der Waals surface area contributed by atoms with E-state index in [-0.39, 0.29) is 29.1 Å². The summed E-state index contributed by atoms with van der Waals surface area (Å²) >= 11 is 0. The SMILES string of the molecule is COc1ccc(/C=C2\Oc3c4c(cc(C)c3C2=O)OCN(C2CCS(=O)(=O)C2)C4)c(OC)c1. The summed E-state index contributed by atoms with van der Waals surface area (Å²) in [6, 6.07) is 7.09. The number of aryl methyl sites for hydroxylation is 1. The number of Topliss-reactive ketones (excluding diaryl/α,β-unsaturated/α-hetero) is 1. The first-order valence-electron chi connectivity index (χ1n) is 10.7. The minimum absolute atomic E-state index is 0.101. The van der Waals surface area contributed by atoms with E-state index in [1.165, 1.54) is 0 Å². The third-order valence-electron chi connectivity index (χ3n) is 6.40. The second-order valence-corrected chi connectivity index (χ2v) is 10.7. The van der Waals surface area contributed by atoms with Crippen LogP contribution in [0.2, 0.25) is 0 Å². The molecule has 5 rings (SSSR count). The van der Waals surface area contributed by atoms with E-state index in [0.717, 1.165) is 11.1 Å². The highest BCUT2D eigenvalue weighted by Gasteiger charge is 2.39. The van der Waals surface area contributed by atoms with E-state index in [0.29, 0.717) is 53.8 Å². The molecule has 174 valence electrons. The summed E-state index contributed by atoms with van der Waals surface area (Å²) in [7, 11) is 0.112. The molecule has 0 aliphatic carbocycles. The number of allylic oxidation sites excluding steroid dienone is 1. The number of carbonyl (C=O) groups is 1. The third-order valence-corrected chi connectivity index (χ3v) is 8.15. The number of ether oxygens (including phenoxy) is 4. The molecule has 8 nitrogen and oxygen atoms in total. The Morgan fingerprint density at radius 2 is 2.00 bits per heavy atom.